The molecule has 1 heterocycles. The Balaban J connectivity index is 1.83. The number of hydrazone groups is 1. The molecular weight excluding hydrogens is 324 g/mol. The molecule has 1 aliphatic carbocycles. The molecule has 7 nitrogen and oxygen atoms in total. The minimum Gasteiger partial charge on any atom is -0.480 e. The van der Waals surface area contributed by atoms with Gasteiger partial charge in [-0.15, -0.1) is 0 Å². The third-order valence-corrected chi connectivity index (χ3v) is 5.04. The molecule has 0 saturated heterocycles. The number of nitrogens with one attached hydrogen (secondary N) is 1. The average molecular weight is 344 g/mol. The summed E-state index contributed by atoms with van der Waals surface area (Å²) in [5, 5.41) is 13.5. The van der Waals surface area contributed by atoms with Gasteiger partial charge in [0, 0.05) is 6.42 Å². The number of carbonyl (C=O) groups is 3. The standard InChI is InChI=1S/C18H20N2O5/c1-17(25-16(24)18(15(22)23)9-5-6-10-18)13(19-20-14(17)21)11-12-7-3-2-4-8-12/h2-4,7-8H,5-6,9-11H2,1H3,(H,20,21)(H,22,23). The van der Waals surface area contributed by atoms with Crippen molar-refractivity contribution in [3.8, 4) is 0 Å². The smallest absolute Gasteiger partial charge is 0.324 e. The summed E-state index contributed by atoms with van der Waals surface area (Å²) in [7, 11) is 0. The maximum Gasteiger partial charge on any atom is 0.324 e. The van der Waals surface area contributed by atoms with Crippen molar-refractivity contribution in [1.82, 2.24) is 5.43 Å². The third kappa shape index (κ3) is 2.90. The molecule has 3 rings (SSSR count). The van der Waals surface area contributed by atoms with Crippen LogP contribution in [0.25, 0.3) is 0 Å². The van der Waals surface area contributed by atoms with Crippen LogP contribution < -0.4 is 5.43 Å². The second kappa shape index (κ2) is 6.31. The molecular formula is C18H20N2O5. The SMILES string of the molecule is CC1(OC(=O)C2(C(=O)O)CCCC2)C(=O)NN=C1Cc1ccccc1. The second-order valence-corrected chi connectivity index (χ2v) is 6.68. The summed E-state index contributed by atoms with van der Waals surface area (Å²) in [6.45, 7) is 1.46. The summed E-state index contributed by atoms with van der Waals surface area (Å²) in [5.41, 5.74) is 0.446. The predicted molar refractivity (Wildman–Crippen MR) is 88.8 cm³/mol. The second-order valence-electron chi connectivity index (χ2n) is 6.68. The van der Waals surface area contributed by atoms with Crippen molar-refractivity contribution in [2.24, 2.45) is 10.5 Å². The Labute approximate surface area is 145 Å². The molecule has 0 radical (unpaired) electrons. The Morgan fingerprint density at radius 3 is 2.48 bits per heavy atom. The van der Waals surface area contributed by atoms with Crippen molar-refractivity contribution in [2.75, 3.05) is 0 Å². The third-order valence-electron chi connectivity index (χ3n) is 5.04. The van der Waals surface area contributed by atoms with Gasteiger partial charge in [0.15, 0.2) is 5.41 Å². The van der Waals surface area contributed by atoms with Gasteiger partial charge in [0.2, 0.25) is 5.60 Å². The van der Waals surface area contributed by atoms with Crippen molar-refractivity contribution in [3.05, 3.63) is 35.9 Å². The lowest BCUT2D eigenvalue weighted by Crippen LogP contribution is -2.51. The molecule has 0 spiro atoms. The Morgan fingerprint density at radius 1 is 1.24 bits per heavy atom. The highest BCUT2D eigenvalue weighted by atomic mass is 16.6. The van der Waals surface area contributed by atoms with E-state index in [4.69, 9.17) is 4.74 Å². The molecule has 1 fully saturated rings. The summed E-state index contributed by atoms with van der Waals surface area (Å²) in [4.78, 5) is 36.6. The Morgan fingerprint density at radius 2 is 1.88 bits per heavy atom. The first-order valence-electron chi connectivity index (χ1n) is 8.27. The molecule has 0 aromatic heterocycles. The van der Waals surface area contributed by atoms with Crippen molar-refractivity contribution in [3.63, 3.8) is 0 Å². The lowest BCUT2D eigenvalue weighted by atomic mass is 9.85. The van der Waals surface area contributed by atoms with E-state index in [-0.39, 0.29) is 12.8 Å². The number of carboxylic acids is 1. The van der Waals surface area contributed by atoms with Crippen molar-refractivity contribution in [1.29, 1.82) is 0 Å². The van der Waals surface area contributed by atoms with Crippen LogP contribution in [0.1, 0.15) is 38.2 Å². The number of hydrogen-bond donors (Lipinski definition) is 2. The number of carbonyl (C=O) groups excluding carboxylic acids is 2. The van der Waals surface area contributed by atoms with Crippen molar-refractivity contribution < 1.29 is 24.2 Å². The summed E-state index contributed by atoms with van der Waals surface area (Å²) < 4.78 is 5.48. The van der Waals surface area contributed by atoms with E-state index in [0.717, 1.165) is 5.56 Å². The van der Waals surface area contributed by atoms with Gasteiger partial charge < -0.3 is 9.84 Å². The molecule has 1 aromatic rings. The van der Waals surface area contributed by atoms with E-state index in [1.807, 2.05) is 30.3 Å². The van der Waals surface area contributed by atoms with Gasteiger partial charge in [0.05, 0.1) is 5.71 Å². The summed E-state index contributed by atoms with van der Waals surface area (Å²) in [6, 6.07) is 9.36. The van der Waals surface area contributed by atoms with Crippen LogP contribution in [-0.2, 0) is 25.5 Å². The molecule has 1 aromatic carbocycles. The van der Waals surface area contributed by atoms with E-state index in [1.54, 1.807) is 0 Å². The molecule has 1 atom stereocenters. The molecule has 1 aliphatic heterocycles. The summed E-state index contributed by atoms with van der Waals surface area (Å²) in [6.07, 6.45) is 2.07. The number of rotatable bonds is 5. The van der Waals surface area contributed by atoms with E-state index in [2.05, 4.69) is 10.5 Å². The van der Waals surface area contributed by atoms with Crippen LogP contribution in [0.3, 0.4) is 0 Å². The van der Waals surface area contributed by atoms with Gasteiger partial charge in [-0.1, -0.05) is 43.2 Å². The van der Waals surface area contributed by atoms with Crippen LogP contribution in [0, 0.1) is 5.41 Å². The molecule has 0 bridgehead atoms. The number of carboxylic acid groups (broad SMARTS) is 1. The Hall–Kier alpha value is -2.70. The number of nitrogens with zero attached hydrogens (tertiary/aromatic N) is 1. The Bertz CT molecular complexity index is 737. The number of benzene rings is 1. The molecule has 132 valence electrons. The minimum absolute atomic E-state index is 0.226. The normalized spacial score (nSPS) is 24.5. The largest absolute Gasteiger partial charge is 0.480 e. The molecule has 1 unspecified atom stereocenters. The lowest BCUT2D eigenvalue weighted by Gasteiger charge is -2.29. The van der Waals surface area contributed by atoms with Crippen LogP contribution in [0.15, 0.2) is 35.4 Å². The first kappa shape index (κ1) is 17.1. The van der Waals surface area contributed by atoms with Gasteiger partial charge in [0.1, 0.15) is 0 Å². The maximum absolute atomic E-state index is 12.7. The fourth-order valence-corrected chi connectivity index (χ4v) is 3.33. The highest BCUT2D eigenvalue weighted by Gasteiger charge is 2.55. The van der Waals surface area contributed by atoms with Gasteiger partial charge in [-0.05, 0) is 25.3 Å². The molecule has 2 aliphatic rings. The van der Waals surface area contributed by atoms with Crippen molar-refractivity contribution in [2.45, 2.75) is 44.6 Å². The van der Waals surface area contributed by atoms with Crippen LogP contribution in [0.4, 0.5) is 0 Å². The fraction of sp³-hybridized carbons (Fsp3) is 0.444. The number of amides is 1. The minimum atomic E-state index is -1.60. The molecule has 7 heteroatoms. The molecule has 1 amide bonds. The van der Waals surface area contributed by atoms with Crippen LogP contribution in [0.5, 0.6) is 0 Å². The van der Waals surface area contributed by atoms with E-state index >= 15 is 0 Å². The van der Waals surface area contributed by atoms with E-state index in [0.29, 0.717) is 25.0 Å². The monoisotopic (exact) mass is 344 g/mol. The number of aliphatic carboxylic acids is 1. The summed E-state index contributed by atoms with van der Waals surface area (Å²) >= 11 is 0. The van der Waals surface area contributed by atoms with Gasteiger partial charge in [-0.3, -0.25) is 14.4 Å². The van der Waals surface area contributed by atoms with Crippen LogP contribution in [-0.4, -0.2) is 34.3 Å². The van der Waals surface area contributed by atoms with Gasteiger partial charge >= 0.3 is 11.9 Å². The molecule has 1 saturated carbocycles. The van der Waals surface area contributed by atoms with Crippen LogP contribution in [0.2, 0.25) is 0 Å². The fourth-order valence-electron chi connectivity index (χ4n) is 3.33. The number of hydrogen-bond acceptors (Lipinski definition) is 5. The lowest BCUT2D eigenvalue weighted by molar-refractivity contribution is -0.177. The van der Waals surface area contributed by atoms with Gasteiger partial charge in [-0.25, -0.2) is 5.43 Å². The van der Waals surface area contributed by atoms with E-state index < -0.39 is 28.9 Å². The quantitative estimate of drug-likeness (QED) is 0.624. The van der Waals surface area contributed by atoms with Gasteiger partial charge in [-0.2, -0.15) is 5.10 Å². The first-order chi connectivity index (χ1) is 11.9. The summed E-state index contributed by atoms with van der Waals surface area (Å²) in [5.74, 6) is -2.62. The predicted octanol–water partition coefficient (Wildman–Crippen LogP) is 1.66. The number of ether oxygens (including phenoxy) is 1. The maximum atomic E-state index is 12.7. The highest BCUT2D eigenvalue weighted by molar-refractivity contribution is 6.17. The first-order valence-corrected chi connectivity index (χ1v) is 8.27. The van der Waals surface area contributed by atoms with E-state index in [9.17, 15) is 19.5 Å². The van der Waals surface area contributed by atoms with Gasteiger partial charge in [0.25, 0.3) is 5.91 Å². The molecule has 2 N–H and O–H groups in total. The Kier molecular flexibility index (Phi) is 4.32. The zero-order valence-electron chi connectivity index (χ0n) is 13.9. The zero-order valence-corrected chi connectivity index (χ0v) is 13.9. The van der Waals surface area contributed by atoms with Crippen molar-refractivity contribution >= 4 is 23.6 Å². The average Bonchev–Trinajstić information content (AvgIpc) is 3.18. The highest BCUT2D eigenvalue weighted by Crippen LogP contribution is 2.41. The van der Waals surface area contributed by atoms with E-state index in [1.165, 1.54) is 6.92 Å². The number of esters is 1. The zero-order chi connectivity index (χ0) is 18.1. The molecule has 25 heavy (non-hydrogen) atoms. The van der Waals surface area contributed by atoms with Crippen LogP contribution >= 0.6 is 0 Å². The topological polar surface area (TPSA) is 105 Å².